The largest absolute Gasteiger partial charge is 0.395 e. The second kappa shape index (κ2) is 8.18. The smallest absolute Gasteiger partial charge is 0.243 e. The minimum Gasteiger partial charge on any atom is -0.395 e. The molecule has 8 nitrogen and oxygen atoms in total. The summed E-state index contributed by atoms with van der Waals surface area (Å²) in [5.74, 6) is -0.423. The van der Waals surface area contributed by atoms with Crippen molar-refractivity contribution < 1.29 is 23.1 Å². The van der Waals surface area contributed by atoms with Crippen LogP contribution < -0.4 is 10.2 Å². The van der Waals surface area contributed by atoms with Crippen molar-refractivity contribution in [2.75, 3.05) is 31.1 Å². The van der Waals surface area contributed by atoms with Gasteiger partial charge in [-0.05, 0) is 49.9 Å². The Hall–Kier alpha value is -1.97. The van der Waals surface area contributed by atoms with Crippen molar-refractivity contribution in [1.82, 2.24) is 9.62 Å². The molecule has 0 unspecified atom stereocenters. The summed E-state index contributed by atoms with van der Waals surface area (Å²) in [7, 11) is -3.65. The number of carbonyl (C=O) groups is 2. The maximum atomic E-state index is 13.0. The summed E-state index contributed by atoms with van der Waals surface area (Å²) in [5, 5.41) is 11.4. The Balaban J connectivity index is 1.72. The van der Waals surface area contributed by atoms with Crippen LogP contribution in [0.15, 0.2) is 23.1 Å². The minimum atomic E-state index is -3.65. The van der Waals surface area contributed by atoms with Crippen LogP contribution in [0.1, 0.15) is 32.3 Å². The lowest BCUT2D eigenvalue weighted by atomic mass is 9.97. The van der Waals surface area contributed by atoms with E-state index in [2.05, 4.69) is 5.32 Å². The van der Waals surface area contributed by atoms with E-state index in [0.717, 1.165) is 11.3 Å². The fourth-order valence-electron chi connectivity index (χ4n) is 4.08. The molecule has 2 aliphatic rings. The van der Waals surface area contributed by atoms with Gasteiger partial charge in [0.1, 0.15) is 0 Å². The molecule has 0 aliphatic carbocycles. The van der Waals surface area contributed by atoms with Crippen LogP contribution in [0.25, 0.3) is 0 Å². The minimum absolute atomic E-state index is 0.0126. The molecule has 1 aromatic rings. The molecule has 2 aliphatic heterocycles. The van der Waals surface area contributed by atoms with Gasteiger partial charge in [-0.2, -0.15) is 4.31 Å². The molecule has 1 atom stereocenters. The first kappa shape index (κ1) is 20.8. The van der Waals surface area contributed by atoms with Crippen molar-refractivity contribution >= 4 is 27.5 Å². The Morgan fingerprint density at radius 2 is 1.93 bits per heavy atom. The van der Waals surface area contributed by atoms with Gasteiger partial charge >= 0.3 is 0 Å². The summed E-state index contributed by atoms with van der Waals surface area (Å²) in [6.45, 7) is 4.12. The molecule has 2 heterocycles. The number of amides is 2. The second-order valence-electron chi connectivity index (χ2n) is 7.43. The number of rotatable bonds is 5. The highest BCUT2D eigenvalue weighted by Gasteiger charge is 2.34. The maximum Gasteiger partial charge on any atom is 0.243 e. The average molecular weight is 410 g/mol. The Kier molecular flexibility index (Phi) is 6.07. The van der Waals surface area contributed by atoms with Crippen LogP contribution in [0.5, 0.6) is 0 Å². The number of nitrogens with one attached hydrogen (secondary N) is 1. The van der Waals surface area contributed by atoms with Crippen LogP contribution in [0.2, 0.25) is 0 Å². The SMILES string of the molecule is CC(=O)N1c2ccc(S(=O)(=O)N3CCC(C(=O)NCCO)CC3)cc2C[C@@H]1C. The lowest BCUT2D eigenvalue weighted by Crippen LogP contribution is -2.43. The van der Waals surface area contributed by atoms with Gasteiger partial charge < -0.3 is 15.3 Å². The third-order valence-corrected chi connectivity index (χ3v) is 7.37. The summed E-state index contributed by atoms with van der Waals surface area (Å²) in [6.07, 6.45) is 1.54. The summed E-state index contributed by atoms with van der Waals surface area (Å²) >= 11 is 0. The van der Waals surface area contributed by atoms with Crippen molar-refractivity contribution in [3.05, 3.63) is 23.8 Å². The van der Waals surface area contributed by atoms with Gasteiger partial charge in [0.25, 0.3) is 0 Å². The number of anilines is 1. The Labute approximate surface area is 165 Å². The first-order valence-corrected chi connectivity index (χ1v) is 11.0. The van der Waals surface area contributed by atoms with Gasteiger partial charge in [0.05, 0.1) is 11.5 Å². The molecular weight excluding hydrogens is 382 g/mol. The number of hydrogen-bond donors (Lipinski definition) is 2. The number of piperidine rings is 1. The third kappa shape index (κ3) is 3.92. The average Bonchev–Trinajstić information content (AvgIpc) is 3.01. The normalized spacial score (nSPS) is 20.8. The molecule has 2 N–H and O–H groups in total. The maximum absolute atomic E-state index is 13.0. The number of sulfonamides is 1. The molecule has 2 amide bonds. The molecule has 28 heavy (non-hydrogen) atoms. The Morgan fingerprint density at radius 1 is 1.25 bits per heavy atom. The highest BCUT2D eigenvalue weighted by Crippen LogP contribution is 2.35. The molecule has 0 spiro atoms. The van der Waals surface area contributed by atoms with Crippen molar-refractivity contribution in [3.63, 3.8) is 0 Å². The van der Waals surface area contributed by atoms with Crippen LogP contribution in [0.4, 0.5) is 5.69 Å². The predicted octanol–water partition coefficient (Wildman–Crippen LogP) is 0.493. The fourth-order valence-corrected chi connectivity index (χ4v) is 5.60. The molecule has 1 saturated heterocycles. The molecule has 0 aromatic heterocycles. The first-order valence-electron chi connectivity index (χ1n) is 9.57. The molecule has 3 rings (SSSR count). The molecule has 9 heteroatoms. The van der Waals surface area contributed by atoms with E-state index in [1.807, 2.05) is 6.92 Å². The number of aliphatic hydroxyl groups excluding tert-OH is 1. The zero-order valence-corrected chi connectivity index (χ0v) is 17.0. The summed E-state index contributed by atoms with van der Waals surface area (Å²) in [6, 6.07) is 4.95. The molecule has 1 aromatic carbocycles. The van der Waals surface area contributed by atoms with Crippen LogP contribution in [0, 0.1) is 5.92 Å². The molecule has 0 radical (unpaired) electrons. The topological polar surface area (TPSA) is 107 Å². The van der Waals surface area contributed by atoms with E-state index < -0.39 is 10.0 Å². The second-order valence-corrected chi connectivity index (χ2v) is 9.36. The molecule has 0 saturated carbocycles. The van der Waals surface area contributed by atoms with E-state index in [1.165, 1.54) is 11.2 Å². The number of nitrogens with zero attached hydrogens (tertiary/aromatic N) is 2. The van der Waals surface area contributed by atoms with Crippen molar-refractivity contribution in [3.8, 4) is 0 Å². The lowest BCUT2D eigenvalue weighted by Gasteiger charge is -2.30. The number of hydrogen-bond acceptors (Lipinski definition) is 5. The summed E-state index contributed by atoms with van der Waals surface area (Å²) < 4.78 is 27.5. The number of benzene rings is 1. The van der Waals surface area contributed by atoms with Gasteiger partial charge in [-0.25, -0.2) is 8.42 Å². The van der Waals surface area contributed by atoms with E-state index in [-0.39, 0.29) is 54.9 Å². The van der Waals surface area contributed by atoms with Crippen LogP contribution in [-0.2, 0) is 26.0 Å². The standard InChI is InChI=1S/C19H27N3O5S/c1-13-11-16-12-17(3-4-18(16)22(13)14(2)24)28(26,27)21-8-5-15(6-9-21)19(25)20-7-10-23/h3-4,12-13,15,23H,5-11H2,1-2H3,(H,20,25)/t13-/m0/s1. The van der Waals surface area contributed by atoms with Crippen molar-refractivity contribution in [1.29, 1.82) is 0 Å². The van der Waals surface area contributed by atoms with Crippen molar-refractivity contribution in [2.24, 2.45) is 5.92 Å². The molecule has 1 fully saturated rings. The van der Waals surface area contributed by atoms with Crippen LogP contribution in [-0.4, -0.2) is 61.9 Å². The van der Waals surface area contributed by atoms with Gasteiger partial charge in [0.15, 0.2) is 0 Å². The van der Waals surface area contributed by atoms with E-state index in [4.69, 9.17) is 5.11 Å². The first-order chi connectivity index (χ1) is 13.3. The van der Waals surface area contributed by atoms with E-state index >= 15 is 0 Å². The van der Waals surface area contributed by atoms with Crippen LogP contribution in [0.3, 0.4) is 0 Å². The number of aliphatic hydroxyl groups is 1. The zero-order valence-electron chi connectivity index (χ0n) is 16.2. The van der Waals surface area contributed by atoms with E-state index in [9.17, 15) is 18.0 Å². The highest BCUT2D eigenvalue weighted by atomic mass is 32.2. The fraction of sp³-hybridized carbons (Fsp3) is 0.579. The Bertz CT molecular complexity index is 862. The molecule has 154 valence electrons. The summed E-state index contributed by atoms with van der Waals surface area (Å²) in [4.78, 5) is 25.8. The van der Waals surface area contributed by atoms with E-state index in [1.54, 1.807) is 23.1 Å². The Morgan fingerprint density at radius 3 is 2.54 bits per heavy atom. The van der Waals surface area contributed by atoms with Gasteiger partial charge in [-0.3, -0.25) is 9.59 Å². The van der Waals surface area contributed by atoms with E-state index in [0.29, 0.717) is 19.3 Å². The molecular formula is C19H27N3O5S. The summed E-state index contributed by atoms with van der Waals surface area (Å²) in [5.41, 5.74) is 1.64. The zero-order chi connectivity index (χ0) is 20.5. The van der Waals surface area contributed by atoms with Crippen LogP contribution >= 0.6 is 0 Å². The highest BCUT2D eigenvalue weighted by molar-refractivity contribution is 7.89. The monoisotopic (exact) mass is 409 g/mol. The number of fused-ring (bicyclic) bond motifs is 1. The quantitative estimate of drug-likeness (QED) is 0.736. The van der Waals surface area contributed by atoms with Gasteiger partial charge in [0, 0.05) is 44.2 Å². The lowest BCUT2D eigenvalue weighted by molar-refractivity contribution is -0.126. The number of carbonyl (C=O) groups excluding carboxylic acids is 2. The van der Waals surface area contributed by atoms with Gasteiger partial charge in [-0.15, -0.1) is 0 Å². The third-order valence-electron chi connectivity index (χ3n) is 5.48. The van der Waals surface area contributed by atoms with Crippen molar-refractivity contribution in [2.45, 2.75) is 44.0 Å². The van der Waals surface area contributed by atoms with Gasteiger partial charge in [-0.1, -0.05) is 0 Å². The predicted molar refractivity (Wildman–Crippen MR) is 104 cm³/mol. The van der Waals surface area contributed by atoms with Gasteiger partial charge in [0.2, 0.25) is 21.8 Å². The molecule has 0 bridgehead atoms.